The van der Waals surface area contributed by atoms with Crippen molar-refractivity contribution in [3.8, 4) is 0 Å². The minimum Gasteiger partial charge on any atom is -0.383 e. The lowest BCUT2D eigenvalue weighted by Gasteiger charge is -2.27. The van der Waals surface area contributed by atoms with Crippen LogP contribution < -0.4 is 16.2 Å². The summed E-state index contributed by atoms with van der Waals surface area (Å²) in [6.45, 7) is 6.90. The van der Waals surface area contributed by atoms with Gasteiger partial charge in [-0.05, 0) is 5.92 Å². The SMILES string of the molecule is COCCN(CCOC)c1ncnc(NN)c1C(C)C. The van der Waals surface area contributed by atoms with Gasteiger partial charge in [-0.25, -0.2) is 15.8 Å². The van der Waals surface area contributed by atoms with Gasteiger partial charge in [0.15, 0.2) is 0 Å². The Morgan fingerprint density at radius 2 is 1.80 bits per heavy atom. The summed E-state index contributed by atoms with van der Waals surface area (Å²) >= 11 is 0. The molecule has 1 aromatic rings. The summed E-state index contributed by atoms with van der Waals surface area (Å²) in [7, 11) is 3.37. The third-order valence-electron chi connectivity index (χ3n) is 3.01. The fraction of sp³-hybridized carbons (Fsp3) is 0.692. The number of hydrazine groups is 1. The van der Waals surface area contributed by atoms with Crippen molar-refractivity contribution in [3.05, 3.63) is 11.9 Å². The van der Waals surface area contributed by atoms with E-state index in [2.05, 4.69) is 34.1 Å². The molecule has 0 atom stereocenters. The third kappa shape index (κ3) is 4.29. The van der Waals surface area contributed by atoms with E-state index in [1.807, 2.05) is 0 Å². The highest BCUT2D eigenvalue weighted by molar-refractivity contribution is 5.59. The molecule has 0 aliphatic heterocycles. The Labute approximate surface area is 120 Å². The van der Waals surface area contributed by atoms with Gasteiger partial charge in [-0.15, -0.1) is 0 Å². The van der Waals surface area contributed by atoms with Crippen LogP contribution in [0.25, 0.3) is 0 Å². The number of ether oxygens (including phenoxy) is 2. The lowest BCUT2D eigenvalue weighted by Crippen LogP contribution is -2.33. The molecule has 114 valence electrons. The first-order valence-corrected chi connectivity index (χ1v) is 6.70. The van der Waals surface area contributed by atoms with Gasteiger partial charge < -0.3 is 19.8 Å². The zero-order valence-electron chi connectivity index (χ0n) is 12.7. The van der Waals surface area contributed by atoms with Crippen molar-refractivity contribution in [1.82, 2.24) is 9.97 Å². The Bertz CT molecular complexity index is 392. The molecule has 0 unspecified atom stereocenters. The number of nitrogens with two attached hydrogens (primary N) is 1. The summed E-state index contributed by atoms with van der Waals surface area (Å²) in [5.74, 6) is 7.33. The Hall–Kier alpha value is -1.44. The Morgan fingerprint density at radius 1 is 1.20 bits per heavy atom. The third-order valence-corrected chi connectivity index (χ3v) is 3.01. The molecule has 0 bridgehead atoms. The first kappa shape index (κ1) is 16.6. The van der Waals surface area contributed by atoms with E-state index in [-0.39, 0.29) is 5.92 Å². The van der Waals surface area contributed by atoms with Crippen molar-refractivity contribution >= 4 is 11.6 Å². The maximum absolute atomic E-state index is 5.55. The normalized spacial score (nSPS) is 10.9. The molecular weight excluding hydrogens is 258 g/mol. The molecule has 0 aliphatic carbocycles. The summed E-state index contributed by atoms with van der Waals surface area (Å²) < 4.78 is 10.3. The topological polar surface area (TPSA) is 85.5 Å². The molecule has 0 saturated heterocycles. The van der Waals surface area contributed by atoms with Gasteiger partial charge >= 0.3 is 0 Å². The number of anilines is 2. The lowest BCUT2D eigenvalue weighted by atomic mass is 10.0. The van der Waals surface area contributed by atoms with Crippen LogP contribution in [0.4, 0.5) is 11.6 Å². The monoisotopic (exact) mass is 283 g/mol. The van der Waals surface area contributed by atoms with Crippen LogP contribution in [0.3, 0.4) is 0 Å². The summed E-state index contributed by atoms with van der Waals surface area (Å²) in [6.07, 6.45) is 1.52. The van der Waals surface area contributed by atoms with Crippen LogP contribution in [-0.4, -0.2) is 50.5 Å². The van der Waals surface area contributed by atoms with Gasteiger partial charge in [-0.1, -0.05) is 13.8 Å². The van der Waals surface area contributed by atoms with Crippen LogP contribution >= 0.6 is 0 Å². The van der Waals surface area contributed by atoms with Crippen LogP contribution in [-0.2, 0) is 9.47 Å². The summed E-state index contributed by atoms with van der Waals surface area (Å²) in [5, 5.41) is 0. The summed E-state index contributed by atoms with van der Waals surface area (Å²) in [5.41, 5.74) is 3.65. The smallest absolute Gasteiger partial charge is 0.148 e. The molecule has 20 heavy (non-hydrogen) atoms. The van der Waals surface area contributed by atoms with Crippen LogP contribution in [0.1, 0.15) is 25.3 Å². The predicted molar refractivity (Wildman–Crippen MR) is 79.9 cm³/mol. The van der Waals surface area contributed by atoms with E-state index >= 15 is 0 Å². The number of nitrogen functional groups attached to an aromatic ring is 1. The quantitative estimate of drug-likeness (QED) is 0.516. The second-order valence-electron chi connectivity index (χ2n) is 4.73. The second-order valence-corrected chi connectivity index (χ2v) is 4.73. The number of methoxy groups -OCH3 is 2. The van der Waals surface area contributed by atoms with Gasteiger partial charge in [-0.2, -0.15) is 0 Å². The molecule has 0 amide bonds. The van der Waals surface area contributed by atoms with Gasteiger partial charge in [0.25, 0.3) is 0 Å². The highest BCUT2D eigenvalue weighted by atomic mass is 16.5. The van der Waals surface area contributed by atoms with Crippen LogP contribution in [0.2, 0.25) is 0 Å². The molecule has 7 heteroatoms. The zero-order chi connectivity index (χ0) is 15.0. The molecule has 1 heterocycles. The molecule has 1 aromatic heterocycles. The molecule has 0 spiro atoms. The minimum atomic E-state index is 0.254. The second kappa shape index (κ2) is 8.68. The maximum Gasteiger partial charge on any atom is 0.148 e. The minimum absolute atomic E-state index is 0.254. The average molecular weight is 283 g/mol. The highest BCUT2D eigenvalue weighted by Gasteiger charge is 2.19. The molecule has 0 fully saturated rings. The molecule has 1 rings (SSSR count). The van der Waals surface area contributed by atoms with Gasteiger partial charge in [0.1, 0.15) is 18.0 Å². The fourth-order valence-electron chi connectivity index (χ4n) is 2.01. The van der Waals surface area contributed by atoms with Crippen molar-refractivity contribution < 1.29 is 9.47 Å². The van der Waals surface area contributed by atoms with Gasteiger partial charge in [0, 0.05) is 32.9 Å². The first-order valence-electron chi connectivity index (χ1n) is 6.70. The Balaban J connectivity index is 3.09. The van der Waals surface area contributed by atoms with Crippen LogP contribution in [0.15, 0.2) is 6.33 Å². The summed E-state index contributed by atoms with van der Waals surface area (Å²) in [4.78, 5) is 10.7. The van der Waals surface area contributed by atoms with Gasteiger partial charge in [-0.3, -0.25) is 0 Å². The zero-order valence-corrected chi connectivity index (χ0v) is 12.7. The van der Waals surface area contributed by atoms with E-state index < -0.39 is 0 Å². The predicted octanol–water partition coefficient (Wildman–Crippen LogP) is 0.985. The molecule has 0 aromatic carbocycles. The van der Waals surface area contributed by atoms with E-state index in [9.17, 15) is 0 Å². The van der Waals surface area contributed by atoms with E-state index in [1.54, 1.807) is 14.2 Å². The van der Waals surface area contributed by atoms with E-state index in [1.165, 1.54) is 6.33 Å². The number of rotatable bonds is 9. The average Bonchev–Trinajstić information content (AvgIpc) is 2.46. The Morgan fingerprint density at radius 3 is 2.25 bits per heavy atom. The van der Waals surface area contributed by atoms with Crippen LogP contribution in [0.5, 0.6) is 0 Å². The fourth-order valence-corrected chi connectivity index (χ4v) is 2.01. The number of hydrogen-bond donors (Lipinski definition) is 2. The van der Waals surface area contributed by atoms with Gasteiger partial charge in [0.2, 0.25) is 0 Å². The van der Waals surface area contributed by atoms with Crippen molar-refractivity contribution in [2.24, 2.45) is 5.84 Å². The molecule has 7 nitrogen and oxygen atoms in total. The molecule has 3 N–H and O–H groups in total. The molecule has 0 saturated carbocycles. The Kier molecular flexibility index (Phi) is 7.21. The largest absolute Gasteiger partial charge is 0.383 e. The standard InChI is InChI=1S/C13H25N5O2/c1-10(2)11-12(17-14)15-9-16-13(11)18(5-7-19-3)6-8-20-4/h9-10H,5-8,14H2,1-4H3,(H,15,16,17). The van der Waals surface area contributed by atoms with Gasteiger partial charge in [0.05, 0.1) is 13.2 Å². The number of hydrogen-bond acceptors (Lipinski definition) is 7. The molecule has 0 radical (unpaired) electrons. The number of aromatic nitrogens is 2. The van der Waals surface area contributed by atoms with Crippen LogP contribution in [0, 0.1) is 0 Å². The van der Waals surface area contributed by atoms with E-state index in [0.717, 1.165) is 24.5 Å². The van der Waals surface area contributed by atoms with Crippen molar-refractivity contribution in [1.29, 1.82) is 0 Å². The van der Waals surface area contributed by atoms with Crippen molar-refractivity contribution in [3.63, 3.8) is 0 Å². The lowest BCUT2D eigenvalue weighted by molar-refractivity contribution is 0.190. The van der Waals surface area contributed by atoms with E-state index in [0.29, 0.717) is 19.0 Å². The van der Waals surface area contributed by atoms with E-state index in [4.69, 9.17) is 15.3 Å². The number of nitrogens with zero attached hydrogens (tertiary/aromatic N) is 3. The van der Waals surface area contributed by atoms with Crippen molar-refractivity contribution in [2.75, 3.05) is 50.8 Å². The first-order chi connectivity index (χ1) is 9.65. The molecular formula is C13H25N5O2. The maximum atomic E-state index is 5.55. The van der Waals surface area contributed by atoms with Crippen molar-refractivity contribution in [2.45, 2.75) is 19.8 Å². The number of nitrogens with one attached hydrogen (secondary N) is 1. The highest BCUT2D eigenvalue weighted by Crippen LogP contribution is 2.30. The molecule has 0 aliphatic rings. The summed E-state index contributed by atoms with van der Waals surface area (Å²) in [6, 6.07) is 0.